The minimum atomic E-state index is -0.201. The largest absolute Gasteiger partial charge is 0.419 e. The van der Waals surface area contributed by atoms with E-state index in [4.69, 9.17) is 27.6 Å². The molecule has 3 aromatic rings. The van der Waals surface area contributed by atoms with Gasteiger partial charge >= 0.3 is 0 Å². The number of halogens is 2. The number of hydrogen-bond acceptors (Lipinski definition) is 5. The fraction of sp³-hybridized carbons (Fsp3) is 0.304. The van der Waals surface area contributed by atoms with Crippen LogP contribution >= 0.6 is 23.2 Å². The predicted molar refractivity (Wildman–Crippen MR) is 123 cm³/mol. The van der Waals surface area contributed by atoms with E-state index < -0.39 is 0 Å². The molecule has 7 nitrogen and oxygen atoms in total. The number of benzene rings is 2. The summed E-state index contributed by atoms with van der Waals surface area (Å²) >= 11 is 12.0. The average Bonchev–Trinajstić information content (AvgIpc) is 3.24. The van der Waals surface area contributed by atoms with Crippen molar-refractivity contribution in [2.24, 2.45) is 0 Å². The van der Waals surface area contributed by atoms with Crippen LogP contribution in [0.3, 0.4) is 0 Å². The van der Waals surface area contributed by atoms with Crippen LogP contribution in [0, 0.1) is 0 Å². The van der Waals surface area contributed by atoms with Crippen LogP contribution in [-0.4, -0.2) is 39.5 Å². The fourth-order valence-corrected chi connectivity index (χ4v) is 3.40. The first kappa shape index (κ1) is 23.8. The number of carbonyl (C=O) groups is 2. The van der Waals surface area contributed by atoms with Crippen LogP contribution in [0.25, 0.3) is 11.5 Å². The number of nitrogens with zero attached hydrogens (tertiary/aromatic N) is 3. The molecule has 0 aliphatic heterocycles. The number of carbonyl (C=O) groups excluding carboxylic acids is 2. The Labute approximate surface area is 196 Å². The molecule has 2 aromatic carbocycles. The summed E-state index contributed by atoms with van der Waals surface area (Å²) in [6.45, 7) is 4.43. The minimum Gasteiger partial charge on any atom is -0.419 e. The molecule has 0 spiro atoms. The zero-order valence-electron chi connectivity index (χ0n) is 17.8. The van der Waals surface area contributed by atoms with Crippen molar-refractivity contribution in [2.75, 3.05) is 6.54 Å². The molecule has 0 fully saturated rings. The van der Waals surface area contributed by atoms with E-state index in [9.17, 15) is 9.59 Å². The van der Waals surface area contributed by atoms with E-state index in [0.29, 0.717) is 45.9 Å². The molecule has 1 aromatic heterocycles. The fourth-order valence-electron chi connectivity index (χ4n) is 3.05. The van der Waals surface area contributed by atoms with Crippen LogP contribution in [0.2, 0.25) is 10.0 Å². The maximum atomic E-state index is 12.8. The Bertz CT molecular complexity index is 1070. The van der Waals surface area contributed by atoms with E-state index in [1.807, 2.05) is 26.0 Å². The highest BCUT2D eigenvalue weighted by molar-refractivity contribution is 6.33. The van der Waals surface area contributed by atoms with Gasteiger partial charge in [-0.05, 0) is 56.7 Å². The number of rotatable bonds is 9. The summed E-state index contributed by atoms with van der Waals surface area (Å²) in [6.07, 6.45) is 0.792. The lowest BCUT2D eigenvalue weighted by Gasteiger charge is -2.25. The Morgan fingerprint density at radius 3 is 2.47 bits per heavy atom. The van der Waals surface area contributed by atoms with Gasteiger partial charge in [-0.2, -0.15) is 0 Å². The molecule has 9 heteroatoms. The number of nitrogens with one attached hydrogen (secondary N) is 1. The van der Waals surface area contributed by atoms with E-state index >= 15 is 0 Å². The van der Waals surface area contributed by atoms with Gasteiger partial charge in [0.15, 0.2) is 0 Å². The highest BCUT2D eigenvalue weighted by Crippen LogP contribution is 2.26. The molecule has 3 rings (SSSR count). The first-order valence-corrected chi connectivity index (χ1v) is 11.0. The molecule has 32 heavy (non-hydrogen) atoms. The summed E-state index contributed by atoms with van der Waals surface area (Å²) in [5, 5.41) is 12.0. The Morgan fingerprint density at radius 1 is 1.06 bits per heavy atom. The van der Waals surface area contributed by atoms with E-state index in [1.54, 1.807) is 41.3 Å². The Morgan fingerprint density at radius 2 is 1.78 bits per heavy atom. The maximum absolute atomic E-state index is 12.8. The standard InChI is InChI=1S/C23H24Cl2N4O3/c1-15(2)29(14-20-27-28-23(32-20)18-6-3-4-7-19(18)25)21(30)8-5-13-26-22(31)16-9-11-17(24)12-10-16/h3-4,6-7,9-12,15H,5,8,13-14H2,1-2H3,(H,26,31). The van der Waals surface area contributed by atoms with Crippen molar-refractivity contribution in [3.05, 3.63) is 70.0 Å². The van der Waals surface area contributed by atoms with Crippen LogP contribution in [0.1, 0.15) is 42.9 Å². The molecule has 0 aliphatic carbocycles. The third kappa shape index (κ3) is 6.31. The second kappa shape index (κ2) is 11.1. The van der Waals surface area contributed by atoms with Crippen molar-refractivity contribution >= 4 is 35.0 Å². The molecule has 0 bridgehead atoms. The second-order valence-electron chi connectivity index (χ2n) is 7.46. The molecular weight excluding hydrogens is 451 g/mol. The maximum Gasteiger partial charge on any atom is 0.251 e. The van der Waals surface area contributed by atoms with E-state index in [0.717, 1.165) is 0 Å². The number of hydrogen-bond donors (Lipinski definition) is 1. The molecule has 0 atom stereocenters. The molecule has 2 amide bonds. The zero-order valence-corrected chi connectivity index (χ0v) is 19.4. The Hall–Kier alpha value is -2.90. The molecule has 0 saturated carbocycles. The number of aromatic nitrogens is 2. The van der Waals surface area contributed by atoms with Gasteiger partial charge in [0.2, 0.25) is 17.7 Å². The van der Waals surface area contributed by atoms with E-state index in [-0.39, 0.29) is 30.8 Å². The molecule has 168 valence electrons. The molecule has 0 saturated heterocycles. The van der Waals surface area contributed by atoms with Crippen molar-refractivity contribution in [1.29, 1.82) is 0 Å². The van der Waals surface area contributed by atoms with Crippen molar-refractivity contribution < 1.29 is 14.0 Å². The molecule has 1 N–H and O–H groups in total. The smallest absolute Gasteiger partial charge is 0.251 e. The van der Waals surface area contributed by atoms with Crippen molar-refractivity contribution in [3.63, 3.8) is 0 Å². The molecule has 0 radical (unpaired) electrons. The van der Waals surface area contributed by atoms with Gasteiger partial charge in [0, 0.05) is 29.6 Å². The van der Waals surface area contributed by atoms with Crippen LogP contribution < -0.4 is 5.32 Å². The van der Waals surface area contributed by atoms with Crippen molar-refractivity contribution in [1.82, 2.24) is 20.4 Å². The van der Waals surface area contributed by atoms with Gasteiger partial charge in [-0.3, -0.25) is 9.59 Å². The van der Waals surface area contributed by atoms with Gasteiger partial charge in [0.25, 0.3) is 5.91 Å². The van der Waals surface area contributed by atoms with Crippen molar-refractivity contribution in [2.45, 2.75) is 39.3 Å². The van der Waals surface area contributed by atoms with Gasteiger partial charge in [0.05, 0.1) is 17.1 Å². The van der Waals surface area contributed by atoms with Crippen LogP contribution in [-0.2, 0) is 11.3 Å². The summed E-state index contributed by atoms with van der Waals surface area (Å²) < 4.78 is 5.73. The van der Waals surface area contributed by atoms with Crippen LogP contribution in [0.5, 0.6) is 0 Å². The predicted octanol–water partition coefficient (Wildman–Crippen LogP) is 4.99. The summed E-state index contributed by atoms with van der Waals surface area (Å²) in [7, 11) is 0. The third-order valence-corrected chi connectivity index (χ3v) is 5.36. The van der Waals surface area contributed by atoms with Gasteiger partial charge in [0.1, 0.15) is 0 Å². The topological polar surface area (TPSA) is 88.3 Å². The van der Waals surface area contributed by atoms with Crippen LogP contribution in [0.15, 0.2) is 52.9 Å². The zero-order chi connectivity index (χ0) is 23.1. The molecule has 0 unspecified atom stereocenters. The second-order valence-corrected chi connectivity index (χ2v) is 8.31. The lowest BCUT2D eigenvalue weighted by atomic mass is 10.2. The lowest BCUT2D eigenvalue weighted by Crippen LogP contribution is -2.37. The van der Waals surface area contributed by atoms with E-state index in [1.165, 1.54) is 0 Å². The number of amides is 2. The monoisotopic (exact) mass is 474 g/mol. The van der Waals surface area contributed by atoms with Crippen molar-refractivity contribution in [3.8, 4) is 11.5 Å². The molecule has 0 aliphatic rings. The highest BCUT2D eigenvalue weighted by atomic mass is 35.5. The lowest BCUT2D eigenvalue weighted by molar-refractivity contribution is -0.134. The first-order valence-electron chi connectivity index (χ1n) is 10.3. The quantitative estimate of drug-likeness (QED) is 0.441. The molecular formula is C23H24Cl2N4O3. The SMILES string of the molecule is CC(C)N(Cc1nnc(-c2ccccc2Cl)o1)C(=O)CCCNC(=O)c1ccc(Cl)cc1. The summed E-state index contributed by atoms with van der Waals surface area (Å²) in [5.41, 5.74) is 1.17. The normalized spacial score (nSPS) is 10.9. The van der Waals surface area contributed by atoms with Gasteiger partial charge in [-0.1, -0.05) is 35.3 Å². The first-order chi connectivity index (χ1) is 15.3. The minimum absolute atomic E-state index is 0.0539. The van der Waals surface area contributed by atoms with Gasteiger partial charge in [-0.15, -0.1) is 10.2 Å². The Kier molecular flexibility index (Phi) is 8.25. The summed E-state index contributed by atoms with van der Waals surface area (Å²) in [4.78, 5) is 26.6. The molecule has 1 heterocycles. The van der Waals surface area contributed by atoms with E-state index in [2.05, 4.69) is 15.5 Å². The average molecular weight is 475 g/mol. The Balaban J connectivity index is 1.52. The van der Waals surface area contributed by atoms with Gasteiger partial charge < -0.3 is 14.6 Å². The summed E-state index contributed by atoms with van der Waals surface area (Å²) in [5.74, 6) is 0.385. The third-order valence-electron chi connectivity index (χ3n) is 4.78. The van der Waals surface area contributed by atoms with Crippen LogP contribution in [0.4, 0.5) is 0 Å². The highest BCUT2D eigenvalue weighted by Gasteiger charge is 2.21. The summed E-state index contributed by atoms with van der Waals surface area (Å²) in [6, 6.07) is 13.8. The van der Waals surface area contributed by atoms with Gasteiger partial charge in [-0.25, -0.2) is 0 Å².